The first-order valence-electron chi connectivity index (χ1n) is 7.84. The van der Waals surface area contributed by atoms with Crippen molar-refractivity contribution in [1.29, 1.82) is 0 Å². The van der Waals surface area contributed by atoms with Crippen LogP contribution in [0.4, 0.5) is 8.78 Å². The van der Waals surface area contributed by atoms with E-state index in [0.29, 0.717) is 22.8 Å². The fourth-order valence-electron chi connectivity index (χ4n) is 2.76. The molecule has 0 amide bonds. The molecular formula is C18H15F2NO5S. The lowest BCUT2D eigenvalue weighted by Crippen LogP contribution is -2.12. The molecule has 3 rings (SSSR count). The zero-order valence-corrected chi connectivity index (χ0v) is 15.0. The summed E-state index contributed by atoms with van der Waals surface area (Å²) in [6, 6.07) is 6.99. The molecule has 27 heavy (non-hydrogen) atoms. The van der Waals surface area contributed by atoms with E-state index in [1.807, 2.05) is 0 Å². The molecule has 0 saturated carbocycles. The third kappa shape index (κ3) is 3.50. The van der Waals surface area contributed by atoms with Crippen molar-refractivity contribution in [3.63, 3.8) is 0 Å². The molecule has 0 aliphatic rings. The third-order valence-electron chi connectivity index (χ3n) is 4.12. The topological polar surface area (TPSA) is 85.6 Å². The molecular weight excluding hydrogens is 380 g/mol. The van der Waals surface area contributed by atoms with Crippen LogP contribution in [0.3, 0.4) is 0 Å². The molecule has 0 unspecified atom stereocenters. The van der Waals surface area contributed by atoms with Crippen LogP contribution in [0.2, 0.25) is 0 Å². The summed E-state index contributed by atoms with van der Waals surface area (Å²) in [7, 11) is -2.77. The molecule has 9 heteroatoms. The van der Waals surface area contributed by atoms with Gasteiger partial charge in [0.15, 0.2) is 11.6 Å². The molecule has 1 heterocycles. The van der Waals surface area contributed by atoms with Gasteiger partial charge in [-0.2, -0.15) is 0 Å². The number of carbonyl (C=O) groups is 1. The zero-order chi connectivity index (χ0) is 19.8. The Balaban J connectivity index is 2.20. The number of hydrogen-bond donors (Lipinski definition) is 1. The van der Waals surface area contributed by atoms with Gasteiger partial charge in [0.1, 0.15) is 5.75 Å². The molecule has 2 aromatic carbocycles. The number of ether oxygens (including phenoxy) is 1. The number of nitrogens with zero attached hydrogens (tertiary/aromatic N) is 1. The molecule has 0 aliphatic heterocycles. The predicted molar refractivity (Wildman–Crippen MR) is 93.4 cm³/mol. The predicted octanol–water partition coefficient (Wildman–Crippen LogP) is 3.18. The second-order valence-electron chi connectivity index (χ2n) is 5.81. The number of rotatable bonds is 6. The van der Waals surface area contributed by atoms with Crippen molar-refractivity contribution >= 4 is 26.9 Å². The highest BCUT2D eigenvalue weighted by Gasteiger charge is 2.23. The first kappa shape index (κ1) is 18.8. The fraction of sp³-hybridized carbons (Fsp3) is 0.167. The van der Waals surface area contributed by atoms with Crippen LogP contribution in [-0.2, 0) is 21.2 Å². The molecule has 1 aromatic heterocycles. The Morgan fingerprint density at radius 3 is 2.52 bits per heavy atom. The van der Waals surface area contributed by atoms with E-state index in [-0.39, 0.29) is 18.4 Å². The van der Waals surface area contributed by atoms with Gasteiger partial charge in [-0.15, -0.1) is 0 Å². The number of aromatic nitrogens is 1. The van der Waals surface area contributed by atoms with Gasteiger partial charge in [0, 0.05) is 18.0 Å². The quantitative estimate of drug-likeness (QED) is 0.693. The molecule has 6 nitrogen and oxygen atoms in total. The average molecular weight is 395 g/mol. The Morgan fingerprint density at radius 2 is 1.89 bits per heavy atom. The van der Waals surface area contributed by atoms with E-state index in [1.165, 1.54) is 19.4 Å². The number of carboxylic acid groups (broad SMARTS) is 1. The third-order valence-corrected chi connectivity index (χ3v) is 5.79. The minimum Gasteiger partial charge on any atom is -0.497 e. The van der Waals surface area contributed by atoms with E-state index in [9.17, 15) is 22.0 Å². The molecule has 3 aromatic rings. The maximum Gasteiger partial charge on any atom is 0.303 e. The average Bonchev–Trinajstić information content (AvgIpc) is 3.00. The molecule has 0 spiro atoms. The van der Waals surface area contributed by atoms with Crippen LogP contribution in [0.5, 0.6) is 5.75 Å². The van der Waals surface area contributed by atoms with Crippen LogP contribution in [0.15, 0.2) is 47.5 Å². The van der Waals surface area contributed by atoms with Crippen molar-refractivity contribution < 1.29 is 31.8 Å². The number of benzene rings is 2. The van der Waals surface area contributed by atoms with Crippen LogP contribution >= 0.6 is 0 Å². The molecule has 0 bridgehead atoms. The Bertz CT molecular complexity index is 1140. The van der Waals surface area contributed by atoms with Gasteiger partial charge in [-0.1, -0.05) is 0 Å². The second kappa shape index (κ2) is 6.99. The Kier molecular flexibility index (Phi) is 4.88. The van der Waals surface area contributed by atoms with E-state index < -0.39 is 32.5 Å². The van der Waals surface area contributed by atoms with Crippen LogP contribution in [0.25, 0.3) is 10.9 Å². The van der Waals surface area contributed by atoms with Gasteiger partial charge in [0.05, 0.1) is 17.5 Å². The Labute approximate surface area is 153 Å². The lowest BCUT2D eigenvalue weighted by molar-refractivity contribution is -0.136. The molecule has 0 radical (unpaired) electrons. The highest BCUT2D eigenvalue weighted by Crippen LogP contribution is 2.30. The number of aryl methyl sites for hydroxylation is 1. The van der Waals surface area contributed by atoms with Crippen molar-refractivity contribution in [1.82, 2.24) is 3.97 Å². The van der Waals surface area contributed by atoms with Crippen molar-refractivity contribution in [3.05, 3.63) is 59.8 Å². The molecule has 142 valence electrons. The maximum atomic E-state index is 13.5. The lowest BCUT2D eigenvalue weighted by Gasteiger charge is -2.08. The van der Waals surface area contributed by atoms with Gasteiger partial charge < -0.3 is 9.84 Å². The van der Waals surface area contributed by atoms with Gasteiger partial charge in [-0.3, -0.25) is 4.79 Å². The van der Waals surface area contributed by atoms with Crippen molar-refractivity contribution in [2.45, 2.75) is 17.7 Å². The number of halogens is 2. The van der Waals surface area contributed by atoms with Gasteiger partial charge in [0.2, 0.25) is 0 Å². The maximum absolute atomic E-state index is 13.5. The molecule has 0 fully saturated rings. The first-order valence-corrected chi connectivity index (χ1v) is 9.28. The van der Waals surface area contributed by atoms with Crippen LogP contribution in [0.1, 0.15) is 12.0 Å². The second-order valence-corrected chi connectivity index (χ2v) is 7.62. The van der Waals surface area contributed by atoms with E-state index >= 15 is 0 Å². The van der Waals surface area contributed by atoms with Crippen molar-refractivity contribution in [2.75, 3.05) is 7.11 Å². The van der Waals surface area contributed by atoms with Gasteiger partial charge in [0.25, 0.3) is 10.0 Å². The van der Waals surface area contributed by atoms with E-state index in [0.717, 1.165) is 16.1 Å². The standard InChI is InChI=1S/C18H15F2NO5S/c1-26-12-3-6-17-14(8-12)11(2-7-18(22)23)10-21(17)27(24,25)13-4-5-15(19)16(20)9-13/h3-6,8-10H,2,7H2,1H3,(H,22,23). The van der Waals surface area contributed by atoms with Crippen molar-refractivity contribution in [2.24, 2.45) is 0 Å². The van der Waals surface area contributed by atoms with Crippen LogP contribution < -0.4 is 4.74 Å². The molecule has 1 N–H and O–H groups in total. The Morgan fingerprint density at radius 1 is 1.15 bits per heavy atom. The highest BCUT2D eigenvalue weighted by molar-refractivity contribution is 7.90. The summed E-state index contributed by atoms with van der Waals surface area (Å²) in [4.78, 5) is 10.5. The van der Waals surface area contributed by atoms with Crippen molar-refractivity contribution in [3.8, 4) is 5.75 Å². The monoisotopic (exact) mass is 395 g/mol. The Hall–Kier alpha value is -2.94. The van der Waals surface area contributed by atoms with Crippen LogP contribution in [0, 0.1) is 11.6 Å². The number of fused-ring (bicyclic) bond motifs is 1. The minimum absolute atomic E-state index is 0.0965. The summed E-state index contributed by atoms with van der Waals surface area (Å²) in [6.07, 6.45) is 1.20. The van der Waals surface area contributed by atoms with Crippen LogP contribution in [-0.4, -0.2) is 30.6 Å². The number of aliphatic carboxylic acids is 1. The number of hydrogen-bond acceptors (Lipinski definition) is 4. The normalized spacial score (nSPS) is 11.7. The van der Waals surface area contributed by atoms with E-state index in [4.69, 9.17) is 9.84 Å². The number of carboxylic acids is 1. The minimum atomic E-state index is -4.22. The van der Waals surface area contributed by atoms with Gasteiger partial charge >= 0.3 is 5.97 Å². The lowest BCUT2D eigenvalue weighted by atomic mass is 10.1. The summed E-state index contributed by atoms with van der Waals surface area (Å²) in [5.74, 6) is -2.98. The van der Waals surface area contributed by atoms with Gasteiger partial charge in [-0.25, -0.2) is 21.2 Å². The van der Waals surface area contributed by atoms with Gasteiger partial charge in [-0.05, 0) is 48.4 Å². The summed E-state index contributed by atoms with van der Waals surface area (Å²) >= 11 is 0. The highest BCUT2D eigenvalue weighted by atomic mass is 32.2. The summed E-state index contributed by atoms with van der Waals surface area (Å²) in [5.41, 5.74) is 0.762. The SMILES string of the molecule is COc1ccc2c(c1)c(CCC(=O)O)cn2S(=O)(=O)c1ccc(F)c(F)c1. The number of methoxy groups -OCH3 is 1. The summed E-state index contributed by atoms with van der Waals surface area (Å²) in [5, 5.41) is 9.42. The zero-order valence-electron chi connectivity index (χ0n) is 14.1. The smallest absolute Gasteiger partial charge is 0.303 e. The molecule has 0 aliphatic carbocycles. The molecule has 0 saturated heterocycles. The fourth-order valence-corrected chi connectivity index (χ4v) is 4.17. The largest absolute Gasteiger partial charge is 0.497 e. The van der Waals surface area contributed by atoms with E-state index in [1.54, 1.807) is 12.1 Å². The molecule has 0 atom stereocenters. The summed E-state index contributed by atoms with van der Waals surface area (Å²) in [6.45, 7) is 0. The summed E-state index contributed by atoms with van der Waals surface area (Å²) < 4.78 is 58.7. The van der Waals surface area contributed by atoms with E-state index in [2.05, 4.69) is 0 Å². The first-order chi connectivity index (χ1) is 12.7.